The Hall–Kier alpha value is -2.20. The normalized spacial score (nSPS) is 12.7. The molecule has 0 bridgehead atoms. The van der Waals surface area contributed by atoms with E-state index in [1.54, 1.807) is 7.11 Å². The summed E-state index contributed by atoms with van der Waals surface area (Å²) in [5.41, 5.74) is 9.08. The van der Waals surface area contributed by atoms with Gasteiger partial charge in [0.1, 0.15) is 0 Å². The molecule has 26 heavy (non-hydrogen) atoms. The monoisotopic (exact) mass is 351 g/mol. The molecule has 0 saturated carbocycles. The number of fused-ring (bicyclic) bond motifs is 1. The van der Waals surface area contributed by atoms with E-state index in [0.29, 0.717) is 6.61 Å². The predicted molar refractivity (Wildman–Crippen MR) is 108 cm³/mol. The number of ether oxygens (including phenoxy) is 1. The van der Waals surface area contributed by atoms with Crippen LogP contribution in [-0.4, -0.2) is 28.3 Å². The summed E-state index contributed by atoms with van der Waals surface area (Å²) in [5, 5.41) is 0. The highest BCUT2D eigenvalue weighted by Crippen LogP contribution is 2.31. The summed E-state index contributed by atoms with van der Waals surface area (Å²) in [6.07, 6.45) is 4.05. The van der Waals surface area contributed by atoms with Gasteiger partial charge in [-0.1, -0.05) is 13.8 Å². The van der Waals surface area contributed by atoms with Gasteiger partial charge in [0.15, 0.2) is 0 Å². The highest BCUT2D eigenvalue weighted by molar-refractivity contribution is 5.84. The fourth-order valence-corrected chi connectivity index (χ4v) is 3.61. The summed E-state index contributed by atoms with van der Waals surface area (Å²) >= 11 is 0. The molecule has 4 nitrogen and oxygen atoms in total. The maximum Gasteiger partial charge on any atom is 0.0917 e. The summed E-state index contributed by atoms with van der Waals surface area (Å²) in [6, 6.07) is 6.84. The molecule has 0 unspecified atom stereocenters. The average molecular weight is 351 g/mol. The first kappa shape index (κ1) is 18.6. The Bertz CT molecular complexity index is 927. The summed E-state index contributed by atoms with van der Waals surface area (Å²) < 4.78 is 7.62. The first-order valence-electron chi connectivity index (χ1n) is 9.46. The molecule has 0 aliphatic carbocycles. The minimum absolute atomic E-state index is 0.278. The van der Waals surface area contributed by atoms with Gasteiger partial charge in [0.2, 0.25) is 0 Å². The molecule has 3 rings (SSSR count). The fraction of sp³-hybridized carbons (Fsp3) is 0.455. The van der Waals surface area contributed by atoms with Crippen LogP contribution >= 0.6 is 0 Å². The molecule has 3 aromatic heterocycles. The van der Waals surface area contributed by atoms with Crippen LogP contribution in [0.5, 0.6) is 0 Å². The third-order valence-corrected chi connectivity index (χ3v) is 5.04. The lowest BCUT2D eigenvalue weighted by molar-refractivity contribution is 0.164. The van der Waals surface area contributed by atoms with E-state index in [-0.39, 0.29) is 6.04 Å². The lowest BCUT2D eigenvalue weighted by Gasteiger charge is -2.15. The lowest BCUT2D eigenvalue weighted by atomic mass is 10.0. The SMILES string of the molecule is CCc1ccc(-c2nc3c(C)cn([C@@H](C)COC)c3cc2C)c(CC)n1. The molecule has 0 fully saturated rings. The van der Waals surface area contributed by atoms with Gasteiger partial charge >= 0.3 is 0 Å². The summed E-state index contributed by atoms with van der Waals surface area (Å²) in [6.45, 7) is 11.4. The molecule has 0 radical (unpaired) electrons. The average Bonchev–Trinajstić information content (AvgIpc) is 2.96. The fourth-order valence-electron chi connectivity index (χ4n) is 3.61. The zero-order valence-electron chi connectivity index (χ0n) is 16.8. The largest absolute Gasteiger partial charge is 0.383 e. The van der Waals surface area contributed by atoms with Crippen LogP contribution in [0.4, 0.5) is 0 Å². The van der Waals surface area contributed by atoms with Crippen LogP contribution < -0.4 is 0 Å². The molecule has 138 valence electrons. The summed E-state index contributed by atoms with van der Waals surface area (Å²) in [7, 11) is 1.75. The second-order valence-corrected chi connectivity index (χ2v) is 7.05. The van der Waals surface area contributed by atoms with Gasteiger partial charge in [-0.05, 0) is 62.9 Å². The second-order valence-electron chi connectivity index (χ2n) is 7.05. The number of nitrogens with zero attached hydrogens (tertiary/aromatic N) is 3. The van der Waals surface area contributed by atoms with Crippen molar-refractivity contribution >= 4 is 11.0 Å². The standard InChI is InChI=1S/C22H29N3O/c1-7-17-9-10-18(19(8-2)23-17)21-14(3)11-20-22(24-21)15(4)12-25(20)16(5)13-26-6/h9-12,16H,7-8,13H2,1-6H3/t16-/m0/s1. The van der Waals surface area contributed by atoms with Gasteiger partial charge in [0.05, 0.1) is 29.4 Å². The van der Waals surface area contributed by atoms with Crippen molar-refractivity contribution in [3.63, 3.8) is 0 Å². The maximum absolute atomic E-state index is 5.34. The third-order valence-electron chi connectivity index (χ3n) is 5.04. The Balaban J connectivity index is 2.18. The number of hydrogen-bond acceptors (Lipinski definition) is 3. The number of rotatable bonds is 6. The van der Waals surface area contributed by atoms with Gasteiger partial charge in [-0.25, -0.2) is 4.98 Å². The van der Waals surface area contributed by atoms with E-state index in [2.05, 4.69) is 63.6 Å². The van der Waals surface area contributed by atoms with Crippen molar-refractivity contribution in [1.82, 2.24) is 14.5 Å². The van der Waals surface area contributed by atoms with E-state index in [1.807, 2.05) is 0 Å². The third kappa shape index (κ3) is 3.26. The zero-order chi connectivity index (χ0) is 18.8. The Kier molecular flexibility index (Phi) is 5.42. The predicted octanol–water partition coefficient (Wildman–Crippen LogP) is 5.05. The van der Waals surface area contributed by atoms with Gasteiger partial charge < -0.3 is 9.30 Å². The van der Waals surface area contributed by atoms with E-state index in [0.717, 1.165) is 41.0 Å². The Morgan fingerprint density at radius 3 is 2.50 bits per heavy atom. The molecule has 4 heteroatoms. The quantitative estimate of drug-likeness (QED) is 0.624. The first-order valence-corrected chi connectivity index (χ1v) is 9.46. The van der Waals surface area contributed by atoms with Crippen LogP contribution in [0.2, 0.25) is 0 Å². The highest BCUT2D eigenvalue weighted by Gasteiger charge is 2.17. The molecular weight excluding hydrogens is 322 g/mol. The maximum atomic E-state index is 5.34. The topological polar surface area (TPSA) is 39.9 Å². The minimum atomic E-state index is 0.278. The van der Waals surface area contributed by atoms with Gasteiger partial charge in [0, 0.05) is 30.3 Å². The molecule has 3 heterocycles. The van der Waals surface area contributed by atoms with Crippen molar-refractivity contribution < 1.29 is 4.74 Å². The van der Waals surface area contributed by atoms with Gasteiger partial charge in [-0.3, -0.25) is 4.98 Å². The van der Waals surface area contributed by atoms with E-state index in [1.165, 1.54) is 16.6 Å². The van der Waals surface area contributed by atoms with Crippen LogP contribution in [0.1, 0.15) is 49.3 Å². The van der Waals surface area contributed by atoms with Crippen LogP contribution in [-0.2, 0) is 17.6 Å². The minimum Gasteiger partial charge on any atom is -0.383 e. The molecule has 0 aromatic carbocycles. The molecule has 0 saturated heterocycles. The molecule has 1 atom stereocenters. The Morgan fingerprint density at radius 2 is 1.85 bits per heavy atom. The number of hydrogen-bond donors (Lipinski definition) is 0. The van der Waals surface area contributed by atoms with Crippen molar-refractivity contribution in [2.24, 2.45) is 0 Å². The van der Waals surface area contributed by atoms with Crippen molar-refractivity contribution in [3.8, 4) is 11.3 Å². The zero-order valence-corrected chi connectivity index (χ0v) is 16.8. The Morgan fingerprint density at radius 1 is 1.08 bits per heavy atom. The number of pyridine rings is 2. The smallest absolute Gasteiger partial charge is 0.0917 e. The Labute approximate surface area is 156 Å². The van der Waals surface area contributed by atoms with Crippen molar-refractivity contribution in [1.29, 1.82) is 0 Å². The summed E-state index contributed by atoms with van der Waals surface area (Å²) in [5.74, 6) is 0. The lowest BCUT2D eigenvalue weighted by Crippen LogP contribution is -2.10. The van der Waals surface area contributed by atoms with Gasteiger partial charge in [-0.15, -0.1) is 0 Å². The van der Waals surface area contributed by atoms with Crippen molar-refractivity contribution in [2.75, 3.05) is 13.7 Å². The van der Waals surface area contributed by atoms with Crippen molar-refractivity contribution in [2.45, 2.75) is 53.5 Å². The highest BCUT2D eigenvalue weighted by atomic mass is 16.5. The van der Waals surface area contributed by atoms with Crippen molar-refractivity contribution in [3.05, 3.63) is 46.9 Å². The van der Waals surface area contributed by atoms with Crippen LogP contribution in [0.3, 0.4) is 0 Å². The second kappa shape index (κ2) is 7.58. The molecule has 0 spiro atoms. The first-order chi connectivity index (χ1) is 12.5. The molecule has 0 aliphatic heterocycles. The number of aryl methyl sites for hydroxylation is 4. The molecule has 0 aliphatic rings. The van der Waals surface area contributed by atoms with E-state index < -0.39 is 0 Å². The van der Waals surface area contributed by atoms with E-state index in [4.69, 9.17) is 14.7 Å². The molecule has 0 amide bonds. The number of methoxy groups -OCH3 is 1. The summed E-state index contributed by atoms with van der Waals surface area (Å²) in [4.78, 5) is 9.90. The molecule has 3 aromatic rings. The molecule has 0 N–H and O–H groups in total. The molecular formula is C22H29N3O. The van der Waals surface area contributed by atoms with E-state index in [9.17, 15) is 0 Å². The van der Waals surface area contributed by atoms with Crippen LogP contribution in [0.15, 0.2) is 24.4 Å². The number of aromatic nitrogens is 3. The van der Waals surface area contributed by atoms with Gasteiger partial charge in [-0.2, -0.15) is 0 Å². The van der Waals surface area contributed by atoms with E-state index >= 15 is 0 Å². The van der Waals surface area contributed by atoms with Crippen LogP contribution in [0.25, 0.3) is 22.3 Å². The van der Waals surface area contributed by atoms with Gasteiger partial charge in [0.25, 0.3) is 0 Å². The van der Waals surface area contributed by atoms with Crippen LogP contribution in [0, 0.1) is 13.8 Å².